The van der Waals surface area contributed by atoms with Crippen LogP contribution < -0.4 is 5.32 Å². The molecule has 0 aliphatic carbocycles. The molecule has 0 spiro atoms. The molecule has 0 saturated carbocycles. The molecular formula is C17H28N2O. The summed E-state index contributed by atoms with van der Waals surface area (Å²) in [5.74, 6) is 0. The van der Waals surface area contributed by atoms with Crippen LogP contribution in [0, 0.1) is 0 Å². The molecule has 0 unspecified atom stereocenters. The molecule has 1 fully saturated rings. The molecule has 1 aliphatic rings. The molecule has 20 heavy (non-hydrogen) atoms. The highest BCUT2D eigenvalue weighted by Gasteiger charge is 2.10. The van der Waals surface area contributed by atoms with E-state index in [1.165, 1.54) is 36.9 Å². The summed E-state index contributed by atoms with van der Waals surface area (Å²) >= 11 is 0. The largest absolute Gasteiger partial charge is 0.385 e. The van der Waals surface area contributed by atoms with Gasteiger partial charge < -0.3 is 10.1 Å². The fourth-order valence-corrected chi connectivity index (χ4v) is 2.53. The highest BCUT2D eigenvalue weighted by atomic mass is 16.5. The fraction of sp³-hybridized carbons (Fsp3) is 0.647. The standard InChI is InChI=1S/C17H28N2O/c1-2-3-4-5-10-18-17-8-6-16(7-9-17)15-19-11-13-20-14-12-19/h6-9,18H,2-5,10-15H2,1H3. The predicted molar refractivity (Wildman–Crippen MR) is 85.2 cm³/mol. The molecule has 1 N–H and O–H groups in total. The van der Waals surface area contributed by atoms with Crippen LogP contribution in [0.2, 0.25) is 0 Å². The van der Waals surface area contributed by atoms with Gasteiger partial charge in [0.25, 0.3) is 0 Å². The summed E-state index contributed by atoms with van der Waals surface area (Å²) in [5.41, 5.74) is 2.63. The summed E-state index contributed by atoms with van der Waals surface area (Å²) in [6, 6.07) is 8.89. The first kappa shape index (κ1) is 15.3. The average molecular weight is 276 g/mol. The normalized spacial score (nSPS) is 16.2. The van der Waals surface area contributed by atoms with E-state index in [-0.39, 0.29) is 0 Å². The first-order valence-corrected chi connectivity index (χ1v) is 8.01. The average Bonchev–Trinajstić information content (AvgIpc) is 2.50. The molecule has 1 heterocycles. The molecule has 1 aromatic rings. The maximum atomic E-state index is 5.38. The number of unbranched alkanes of at least 4 members (excludes halogenated alkanes) is 3. The smallest absolute Gasteiger partial charge is 0.0594 e. The second-order valence-electron chi connectivity index (χ2n) is 5.57. The zero-order valence-electron chi connectivity index (χ0n) is 12.7. The predicted octanol–water partition coefficient (Wildman–Crippen LogP) is 3.51. The van der Waals surface area contributed by atoms with Crippen molar-refractivity contribution < 1.29 is 4.74 Å². The Kier molecular flexibility index (Phi) is 6.89. The van der Waals surface area contributed by atoms with Crippen LogP contribution in [0.1, 0.15) is 38.2 Å². The highest BCUT2D eigenvalue weighted by molar-refractivity contribution is 5.44. The number of ether oxygens (including phenoxy) is 1. The minimum Gasteiger partial charge on any atom is -0.385 e. The van der Waals surface area contributed by atoms with Crippen molar-refractivity contribution in [2.75, 3.05) is 38.2 Å². The molecule has 2 rings (SSSR count). The molecule has 0 aromatic heterocycles. The Morgan fingerprint density at radius 1 is 1.05 bits per heavy atom. The van der Waals surface area contributed by atoms with Crippen molar-refractivity contribution in [3.8, 4) is 0 Å². The van der Waals surface area contributed by atoms with Crippen LogP contribution >= 0.6 is 0 Å². The molecule has 0 amide bonds. The van der Waals surface area contributed by atoms with Gasteiger partial charge in [-0.15, -0.1) is 0 Å². The zero-order chi connectivity index (χ0) is 14.0. The van der Waals surface area contributed by atoms with Crippen LogP contribution in [0.15, 0.2) is 24.3 Å². The number of rotatable bonds is 8. The molecule has 3 nitrogen and oxygen atoms in total. The SMILES string of the molecule is CCCCCCNc1ccc(CN2CCOCC2)cc1. The zero-order valence-corrected chi connectivity index (χ0v) is 12.7. The fourth-order valence-electron chi connectivity index (χ4n) is 2.53. The third-order valence-electron chi connectivity index (χ3n) is 3.82. The van der Waals surface area contributed by atoms with Gasteiger partial charge in [0, 0.05) is 31.9 Å². The van der Waals surface area contributed by atoms with E-state index >= 15 is 0 Å². The Morgan fingerprint density at radius 3 is 2.50 bits per heavy atom. The van der Waals surface area contributed by atoms with Gasteiger partial charge >= 0.3 is 0 Å². The minimum atomic E-state index is 0.872. The first-order chi connectivity index (χ1) is 9.88. The Morgan fingerprint density at radius 2 is 1.80 bits per heavy atom. The number of anilines is 1. The van der Waals surface area contributed by atoms with Gasteiger partial charge in [-0.25, -0.2) is 0 Å². The van der Waals surface area contributed by atoms with Crippen molar-refractivity contribution in [3.05, 3.63) is 29.8 Å². The van der Waals surface area contributed by atoms with Crippen LogP contribution in [-0.4, -0.2) is 37.7 Å². The van der Waals surface area contributed by atoms with Crippen molar-refractivity contribution in [2.24, 2.45) is 0 Å². The number of hydrogen-bond donors (Lipinski definition) is 1. The summed E-state index contributed by atoms with van der Waals surface area (Å²) in [5, 5.41) is 3.50. The summed E-state index contributed by atoms with van der Waals surface area (Å²) in [6.07, 6.45) is 5.25. The first-order valence-electron chi connectivity index (χ1n) is 8.01. The number of nitrogens with one attached hydrogen (secondary N) is 1. The second-order valence-corrected chi connectivity index (χ2v) is 5.57. The van der Waals surface area contributed by atoms with Gasteiger partial charge in [0.1, 0.15) is 0 Å². The second kappa shape index (κ2) is 8.98. The maximum Gasteiger partial charge on any atom is 0.0594 e. The van der Waals surface area contributed by atoms with E-state index in [2.05, 4.69) is 41.4 Å². The van der Waals surface area contributed by atoms with Gasteiger partial charge in [-0.3, -0.25) is 4.90 Å². The van der Waals surface area contributed by atoms with E-state index in [1.54, 1.807) is 0 Å². The van der Waals surface area contributed by atoms with E-state index in [9.17, 15) is 0 Å². The third kappa shape index (κ3) is 5.51. The molecule has 1 saturated heterocycles. The maximum absolute atomic E-state index is 5.38. The quantitative estimate of drug-likeness (QED) is 0.735. The Hall–Kier alpha value is -1.06. The number of hydrogen-bond acceptors (Lipinski definition) is 3. The molecule has 112 valence electrons. The van der Waals surface area contributed by atoms with Crippen LogP contribution in [-0.2, 0) is 11.3 Å². The van der Waals surface area contributed by atoms with E-state index in [1.807, 2.05) is 0 Å². The number of nitrogens with zero attached hydrogens (tertiary/aromatic N) is 1. The van der Waals surface area contributed by atoms with Crippen molar-refractivity contribution in [2.45, 2.75) is 39.2 Å². The molecule has 1 aromatic carbocycles. The van der Waals surface area contributed by atoms with Crippen LogP contribution in [0.5, 0.6) is 0 Å². The van der Waals surface area contributed by atoms with E-state index in [0.29, 0.717) is 0 Å². The molecule has 1 aliphatic heterocycles. The third-order valence-corrected chi connectivity index (χ3v) is 3.82. The lowest BCUT2D eigenvalue weighted by Crippen LogP contribution is -2.35. The lowest BCUT2D eigenvalue weighted by Gasteiger charge is -2.26. The Bertz CT molecular complexity index is 358. The molecule has 0 atom stereocenters. The summed E-state index contributed by atoms with van der Waals surface area (Å²) < 4.78 is 5.38. The van der Waals surface area contributed by atoms with Crippen LogP contribution in [0.3, 0.4) is 0 Å². The van der Waals surface area contributed by atoms with Crippen LogP contribution in [0.4, 0.5) is 5.69 Å². The molecule has 0 bridgehead atoms. The lowest BCUT2D eigenvalue weighted by molar-refractivity contribution is 0.0342. The van der Waals surface area contributed by atoms with Crippen LogP contribution in [0.25, 0.3) is 0 Å². The van der Waals surface area contributed by atoms with Crippen molar-refractivity contribution >= 4 is 5.69 Å². The molecule has 0 radical (unpaired) electrons. The van der Waals surface area contributed by atoms with Gasteiger partial charge in [0.05, 0.1) is 13.2 Å². The number of benzene rings is 1. The van der Waals surface area contributed by atoms with Gasteiger partial charge in [-0.2, -0.15) is 0 Å². The minimum absolute atomic E-state index is 0.872. The highest BCUT2D eigenvalue weighted by Crippen LogP contribution is 2.12. The van der Waals surface area contributed by atoms with E-state index < -0.39 is 0 Å². The van der Waals surface area contributed by atoms with Gasteiger partial charge in [-0.05, 0) is 24.1 Å². The Labute approximate surface area is 123 Å². The summed E-state index contributed by atoms with van der Waals surface area (Å²) in [4.78, 5) is 2.46. The molecule has 3 heteroatoms. The van der Waals surface area contributed by atoms with E-state index in [4.69, 9.17) is 4.74 Å². The number of morpholine rings is 1. The monoisotopic (exact) mass is 276 g/mol. The lowest BCUT2D eigenvalue weighted by atomic mass is 10.1. The van der Waals surface area contributed by atoms with Crippen molar-refractivity contribution in [1.29, 1.82) is 0 Å². The molecular weight excluding hydrogens is 248 g/mol. The van der Waals surface area contributed by atoms with Gasteiger partial charge in [-0.1, -0.05) is 38.3 Å². The van der Waals surface area contributed by atoms with Crippen molar-refractivity contribution in [1.82, 2.24) is 4.90 Å². The summed E-state index contributed by atoms with van der Waals surface area (Å²) in [7, 11) is 0. The topological polar surface area (TPSA) is 24.5 Å². The van der Waals surface area contributed by atoms with E-state index in [0.717, 1.165) is 39.4 Å². The Balaban J connectivity index is 1.69. The van der Waals surface area contributed by atoms with Gasteiger partial charge in [0.2, 0.25) is 0 Å². The van der Waals surface area contributed by atoms with Gasteiger partial charge in [0.15, 0.2) is 0 Å². The van der Waals surface area contributed by atoms with Crippen molar-refractivity contribution in [3.63, 3.8) is 0 Å². The summed E-state index contributed by atoms with van der Waals surface area (Å²) in [6.45, 7) is 8.23.